The molecule has 1 aromatic carbocycles. The number of benzene rings is 1. The molecule has 1 unspecified atom stereocenters. The first-order valence-corrected chi connectivity index (χ1v) is 5.69. The number of hydrogen-bond acceptors (Lipinski definition) is 2. The minimum Gasteiger partial charge on any atom is -0.388 e. The lowest BCUT2D eigenvalue weighted by molar-refractivity contribution is 0.0768. The van der Waals surface area contributed by atoms with E-state index in [2.05, 4.69) is 21.2 Å². The monoisotopic (exact) mass is 275 g/mol. The van der Waals surface area contributed by atoms with Crippen molar-refractivity contribution in [2.75, 3.05) is 13.1 Å². The highest BCUT2D eigenvalue weighted by atomic mass is 79.9. The zero-order valence-corrected chi connectivity index (χ0v) is 9.85. The van der Waals surface area contributed by atoms with Crippen molar-refractivity contribution in [2.24, 2.45) is 5.92 Å². The fraction of sp³-hybridized carbons (Fsp3) is 0.400. The van der Waals surface area contributed by atoms with Crippen LogP contribution in [-0.2, 0) is 0 Å². The van der Waals surface area contributed by atoms with Gasteiger partial charge < -0.3 is 10.4 Å². The third-order valence-electron chi connectivity index (χ3n) is 2.54. The van der Waals surface area contributed by atoms with E-state index >= 15 is 0 Å². The minimum absolute atomic E-state index is 0.300. The second kappa shape index (κ2) is 4.19. The van der Waals surface area contributed by atoms with E-state index in [4.69, 9.17) is 11.6 Å². The Labute approximate surface area is 96.4 Å². The molecule has 1 aliphatic heterocycles. The van der Waals surface area contributed by atoms with E-state index < -0.39 is 6.10 Å². The second-order valence-corrected chi connectivity index (χ2v) is 4.85. The Morgan fingerprint density at radius 2 is 2.21 bits per heavy atom. The predicted molar refractivity (Wildman–Crippen MR) is 60.5 cm³/mol. The molecule has 0 aliphatic carbocycles. The van der Waals surface area contributed by atoms with Crippen LogP contribution in [-0.4, -0.2) is 18.2 Å². The molecule has 2 N–H and O–H groups in total. The number of nitrogens with one attached hydrogen (secondary N) is 1. The van der Waals surface area contributed by atoms with Crippen LogP contribution in [0.2, 0.25) is 5.02 Å². The number of aliphatic hydroxyl groups excluding tert-OH is 1. The molecule has 1 saturated heterocycles. The summed E-state index contributed by atoms with van der Waals surface area (Å²) in [5.41, 5.74) is 0.821. The average molecular weight is 277 g/mol. The van der Waals surface area contributed by atoms with Gasteiger partial charge in [0.25, 0.3) is 0 Å². The Morgan fingerprint density at radius 1 is 1.50 bits per heavy atom. The molecule has 0 bridgehead atoms. The molecule has 1 aliphatic rings. The van der Waals surface area contributed by atoms with Gasteiger partial charge >= 0.3 is 0 Å². The van der Waals surface area contributed by atoms with Crippen LogP contribution >= 0.6 is 27.5 Å². The largest absolute Gasteiger partial charge is 0.388 e. The minimum atomic E-state index is -0.447. The summed E-state index contributed by atoms with van der Waals surface area (Å²) in [6, 6.07) is 5.58. The van der Waals surface area contributed by atoms with Gasteiger partial charge in [-0.05, 0) is 17.7 Å². The van der Waals surface area contributed by atoms with Crippen LogP contribution in [0.5, 0.6) is 0 Å². The van der Waals surface area contributed by atoms with E-state index in [1.165, 1.54) is 0 Å². The van der Waals surface area contributed by atoms with Crippen molar-refractivity contribution >= 4 is 27.5 Å². The third-order valence-corrected chi connectivity index (χ3v) is 3.36. The number of rotatable bonds is 2. The SMILES string of the molecule is OC(c1ccc(Br)cc1Cl)C1CNC1. The van der Waals surface area contributed by atoms with Crippen LogP contribution in [0.25, 0.3) is 0 Å². The van der Waals surface area contributed by atoms with Crippen molar-refractivity contribution in [3.63, 3.8) is 0 Å². The van der Waals surface area contributed by atoms with Gasteiger partial charge in [-0.3, -0.25) is 0 Å². The molecule has 1 heterocycles. The summed E-state index contributed by atoms with van der Waals surface area (Å²) in [5, 5.41) is 13.7. The van der Waals surface area contributed by atoms with Gasteiger partial charge in [0.15, 0.2) is 0 Å². The predicted octanol–water partition coefficient (Wildman–Crippen LogP) is 2.36. The van der Waals surface area contributed by atoms with Crippen LogP contribution in [0, 0.1) is 5.92 Å². The van der Waals surface area contributed by atoms with E-state index in [1.54, 1.807) is 0 Å². The lowest BCUT2D eigenvalue weighted by Gasteiger charge is -2.32. The summed E-state index contributed by atoms with van der Waals surface area (Å²) < 4.78 is 0.935. The topological polar surface area (TPSA) is 32.3 Å². The van der Waals surface area contributed by atoms with Crippen LogP contribution < -0.4 is 5.32 Å². The molecule has 1 atom stereocenters. The van der Waals surface area contributed by atoms with Crippen molar-refractivity contribution in [2.45, 2.75) is 6.10 Å². The van der Waals surface area contributed by atoms with Crippen LogP contribution in [0.1, 0.15) is 11.7 Å². The van der Waals surface area contributed by atoms with E-state index in [1.807, 2.05) is 18.2 Å². The van der Waals surface area contributed by atoms with Gasteiger partial charge in [-0.25, -0.2) is 0 Å². The molecule has 2 nitrogen and oxygen atoms in total. The molecule has 1 fully saturated rings. The highest BCUT2D eigenvalue weighted by molar-refractivity contribution is 9.10. The van der Waals surface area contributed by atoms with Crippen LogP contribution in [0.3, 0.4) is 0 Å². The summed E-state index contributed by atoms with van der Waals surface area (Å²) in [7, 11) is 0. The Bertz CT molecular complexity index is 341. The molecule has 0 aromatic heterocycles. The number of aliphatic hydroxyl groups is 1. The molecule has 0 radical (unpaired) electrons. The zero-order valence-electron chi connectivity index (χ0n) is 7.50. The molecule has 4 heteroatoms. The first kappa shape index (κ1) is 10.4. The standard InChI is InChI=1S/C10H11BrClNO/c11-7-1-2-8(9(12)3-7)10(14)6-4-13-5-6/h1-3,6,10,13-14H,4-5H2. The molecule has 2 rings (SSSR count). The van der Waals surface area contributed by atoms with Gasteiger partial charge in [0.1, 0.15) is 0 Å². The molecular weight excluding hydrogens is 265 g/mol. The van der Waals surface area contributed by atoms with Crippen molar-refractivity contribution in [1.29, 1.82) is 0 Å². The first-order valence-electron chi connectivity index (χ1n) is 4.52. The number of halogens is 2. The highest BCUT2D eigenvalue weighted by Gasteiger charge is 2.27. The molecule has 76 valence electrons. The fourth-order valence-corrected chi connectivity index (χ4v) is 2.31. The van der Waals surface area contributed by atoms with Gasteiger partial charge in [-0.1, -0.05) is 33.6 Å². The maximum absolute atomic E-state index is 9.97. The highest BCUT2D eigenvalue weighted by Crippen LogP contribution is 2.31. The fourth-order valence-electron chi connectivity index (χ4n) is 1.53. The Hall–Kier alpha value is -0.0900. The second-order valence-electron chi connectivity index (χ2n) is 3.53. The van der Waals surface area contributed by atoms with Gasteiger partial charge in [0.05, 0.1) is 6.10 Å². The van der Waals surface area contributed by atoms with E-state index in [9.17, 15) is 5.11 Å². The zero-order chi connectivity index (χ0) is 10.1. The molecular formula is C10H11BrClNO. The summed E-state index contributed by atoms with van der Waals surface area (Å²) in [6.07, 6.45) is -0.447. The lowest BCUT2D eigenvalue weighted by Crippen LogP contribution is -2.45. The van der Waals surface area contributed by atoms with Crippen LogP contribution in [0.4, 0.5) is 0 Å². The first-order chi connectivity index (χ1) is 6.68. The van der Waals surface area contributed by atoms with E-state index in [0.29, 0.717) is 10.9 Å². The maximum Gasteiger partial charge on any atom is 0.0856 e. The Balaban J connectivity index is 2.22. The quantitative estimate of drug-likeness (QED) is 0.869. The maximum atomic E-state index is 9.97. The summed E-state index contributed by atoms with van der Waals surface area (Å²) in [5.74, 6) is 0.300. The summed E-state index contributed by atoms with van der Waals surface area (Å²) >= 11 is 9.37. The summed E-state index contributed by atoms with van der Waals surface area (Å²) in [4.78, 5) is 0. The smallest absolute Gasteiger partial charge is 0.0856 e. The summed E-state index contributed by atoms with van der Waals surface area (Å²) in [6.45, 7) is 1.74. The van der Waals surface area contributed by atoms with Gasteiger partial charge in [-0.15, -0.1) is 0 Å². The van der Waals surface area contributed by atoms with Crippen molar-refractivity contribution in [1.82, 2.24) is 5.32 Å². The van der Waals surface area contributed by atoms with Crippen LogP contribution in [0.15, 0.2) is 22.7 Å². The van der Waals surface area contributed by atoms with Gasteiger partial charge in [0, 0.05) is 28.5 Å². The third kappa shape index (κ3) is 1.96. The Morgan fingerprint density at radius 3 is 2.71 bits per heavy atom. The average Bonchev–Trinajstić information content (AvgIpc) is 2.00. The van der Waals surface area contributed by atoms with E-state index in [-0.39, 0.29) is 0 Å². The molecule has 1 aromatic rings. The molecule has 14 heavy (non-hydrogen) atoms. The van der Waals surface area contributed by atoms with Gasteiger partial charge in [0.2, 0.25) is 0 Å². The molecule has 0 spiro atoms. The Kier molecular flexibility index (Phi) is 3.12. The van der Waals surface area contributed by atoms with Crippen molar-refractivity contribution in [3.8, 4) is 0 Å². The number of hydrogen-bond donors (Lipinski definition) is 2. The van der Waals surface area contributed by atoms with Crippen molar-refractivity contribution < 1.29 is 5.11 Å². The van der Waals surface area contributed by atoms with Crippen molar-refractivity contribution in [3.05, 3.63) is 33.3 Å². The van der Waals surface area contributed by atoms with E-state index in [0.717, 1.165) is 23.1 Å². The molecule has 0 saturated carbocycles. The van der Waals surface area contributed by atoms with Gasteiger partial charge in [-0.2, -0.15) is 0 Å². The molecule has 0 amide bonds. The normalized spacial score (nSPS) is 19.1. The lowest BCUT2D eigenvalue weighted by atomic mass is 9.91.